The van der Waals surface area contributed by atoms with Gasteiger partial charge in [-0.15, -0.1) is 0 Å². The van der Waals surface area contributed by atoms with Crippen LogP contribution >= 0.6 is 0 Å². The van der Waals surface area contributed by atoms with E-state index in [9.17, 15) is 0 Å². The van der Waals surface area contributed by atoms with E-state index in [0.717, 1.165) is 18.1 Å². The number of nitrogen functional groups attached to an aromatic ring is 1. The lowest BCUT2D eigenvalue weighted by atomic mass is 10.0. The molecule has 0 aliphatic rings. The number of aryl methyl sites for hydroxylation is 1. The van der Waals surface area contributed by atoms with Gasteiger partial charge in [-0.3, -0.25) is 0 Å². The Morgan fingerprint density at radius 1 is 1.33 bits per heavy atom. The second kappa shape index (κ2) is 5.53. The van der Waals surface area contributed by atoms with E-state index < -0.39 is 0 Å². The highest BCUT2D eigenvalue weighted by Crippen LogP contribution is 2.11. The molecule has 1 heterocycles. The molecule has 0 aromatic carbocycles. The minimum Gasteiger partial charge on any atom is -0.370 e. The van der Waals surface area contributed by atoms with Crippen molar-refractivity contribution in [1.82, 2.24) is 9.97 Å². The van der Waals surface area contributed by atoms with Gasteiger partial charge in [0, 0.05) is 18.3 Å². The number of rotatable bonds is 5. The summed E-state index contributed by atoms with van der Waals surface area (Å²) in [5.74, 6) is 1.86. The number of anilines is 2. The minimum atomic E-state index is 0.335. The van der Waals surface area contributed by atoms with Crippen LogP contribution in [0.2, 0.25) is 0 Å². The number of nitrogens with one attached hydrogen (secondary N) is 1. The molecule has 0 saturated carbocycles. The Hall–Kier alpha value is -1.32. The number of hydrogen-bond donors (Lipinski definition) is 2. The molecular formula is C11H20N4. The van der Waals surface area contributed by atoms with Crippen LogP contribution in [0.15, 0.2) is 6.07 Å². The molecule has 0 unspecified atom stereocenters. The molecule has 0 atom stereocenters. The summed E-state index contributed by atoms with van der Waals surface area (Å²) in [6.07, 6.45) is 2.37. The van der Waals surface area contributed by atoms with E-state index in [-0.39, 0.29) is 0 Å². The Morgan fingerprint density at radius 3 is 2.53 bits per heavy atom. The first-order valence-electron chi connectivity index (χ1n) is 5.50. The van der Waals surface area contributed by atoms with Gasteiger partial charge in [0.15, 0.2) is 0 Å². The lowest BCUT2D eigenvalue weighted by Crippen LogP contribution is -2.14. The SMILES string of the molecule is CCC(CC)CNc1cc(C)nc(N)n1. The molecule has 0 spiro atoms. The van der Waals surface area contributed by atoms with Gasteiger partial charge in [-0.25, -0.2) is 4.98 Å². The van der Waals surface area contributed by atoms with Gasteiger partial charge in [0.25, 0.3) is 0 Å². The topological polar surface area (TPSA) is 63.8 Å². The van der Waals surface area contributed by atoms with Crippen molar-refractivity contribution in [2.45, 2.75) is 33.6 Å². The fraction of sp³-hybridized carbons (Fsp3) is 0.636. The highest BCUT2D eigenvalue weighted by Gasteiger charge is 2.04. The maximum Gasteiger partial charge on any atom is 0.222 e. The summed E-state index contributed by atoms with van der Waals surface area (Å²) >= 11 is 0. The standard InChI is InChI=1S/C11H20N4/c1-4-9(5-2)7-13-10-6-8(3)14-11(12)15-10/h6,9H,4-5,7H2,1-3H3,(H3,12,13,14,15). The third-order valence-corrected chi connectivity index (χ3v) is 2.60. The number of aromatic nitrogens is 2. The summed E-state index contributed by atoms with van der Waals surface area (Å²) in [6.45, 7) is 7.27. The molecule has 0 aliphatic heterocycles. The number of nitrogens with two attached hydrogens (primary N) is 1. The van der Waals surface area contributed by atoms with Crippen LogP contribution in [-0.4, -0.2) is 16.5 Å². The largest absolute Gasteiger partial charge is 0.370 e. The Balaban J connectivity index is 2.57. The summed E-state index contributed by atoms with van der Waals surface area (Å²) in [7, 11) is 0. The van der Waals surface area contributed by atoms with E-state index in [1.165, 1.54) is 12.8 Å². The average molecular weight is 208 g/mol. The molecule has 4 heteroatoms. The average Bonchev–Trinajstić information content (AvgIpc) is 2.18. The molecule has 0 fully saturated rings. The fourth-order valence-corrected chi connectivity index (χ4v) is 1.51. The van der Waals surface area contributed by atoms with Crippen LogP contribution in [0.4, 0.5) is 11.8 Å². The Morgan fingerprint density at radius 2 is 2.00 bits per heavy atom. The number of nitrogens with zero attached hydrogens (tertiary/aromatic N) is 2. The second-order valence-electron chi connectivity index (χ2n) is 3.82. The van der Waals surface area contributed by atoms with Crippen LogP contribution in [0, 0.1) is 12.8 Å². The zero-order valence-electron chi connectivity index (χ0n) is 9.75. The van der Waals surface area contributed by atoms with Crippen molar-refractivity contribution in [3.8, 4) is 0 Å². The highest BCUT2D eigenvalue weighted by molar-refractivity contribution is 5.40. The third-order valence-electron chi connectivity index (χ3n) is 2.60. The zero-order chi connectivity index (χ0) is 11.3. The van der Waals surface area contributed by atoms with Crippen molar-refractivity contribution < 1.29 is 0 Å². The zero-order valence-corrected chi connectivity index (χ0v) is 9.75. The lowest BCUT2D eigenvalue weighted by molar-refractivity contribution is 0.518. The normalized spacial score (nSPS) is 10.7. The molecule has 1 aromatic rings. The molecule has 1 aromatic heterocycles. The predicted molar refractivity (Wildman–Crippen MR) is 63.7 cm³/mol. The van der Waals surface area contributed by atoms with Gasteiger partial charge in [0.2, 0.25) is 5.95 Å². The smallest absolute Gasteiger partial charge is 0.222 e. The van der Waals surface area contributed by atoms with Gasteiger partial charge in [0.1, 0.15) is 5.82 Å². The predicted octanol–water partition coefficient (Wildman–Crippen LogP) is 2.22. The van der Waals surface area contributed by atoms with Crippen molar-refractivity contribution in [3.05, 3.63) is 11.8 Å². The first-order valence-corrected chi connectivity index (χ1v) is 5.50. The van der Waals surface area contributed by atoms with E-state index in [4.69, 9.17) is 5.73 Å². The van der Waals surface area contributed by atoms with Crippen LogP contribution in [0.1, 0.15) is 32.4 Å². The summed E-state index contributed by atoms with van der Waals surface area (Å²) in [4.78, 5) is 8.16. The second-order valence-corrected chi connectivity index (χ2v) is 3.82. The van der Waals surface area contributed by atoms with Crippen LogP contribution < -0.4 is 11.1 Å². The van der Waals surface area contributed by atoms with Gasteiger partial charge in [-0.1, -0.05) is 26.7 Å². The quantitative estimate of drug-likeness (QED) is 0.778. The van der Waals surface area contributed by atoms with Crippen LogP contribution in [0.3, 0.4) is 0 Å². The Labute approximate surface area is 91.3 Å². The first-order chi connectivity index (χ1) is 7.15. The lowest BCUT2D eigenvalue weighted by Gasteiger charge is -2.13. The van der Waals surface area contributed by atoms with Crippen molar-refractivity contribution in [2.24, 2.45) is 5.92 Å². The van der Waals surface area contributed by atoms with Crippen molar-refractivity contribution in [2.75, 3.05) is 17.6 Å². The third kappa shape index (κ3) is 3.73. The van der Waals surface area contributed by atoms with Crippen LogP contribution in [0.25, 0.3) is 0 Å². The molecule has 0 radical (unpaired) electrons. The molecule has 3 N–H and O–H groups in total. The van der Waals surface area contributed by atoms with Gasteiger partial charge >= 0.3 is 0 Å². The van der Waals surface area contributed by atoms with Gasteiger partial charge in [-0.05, 0) is 12.8 Å². The van der Waals surface area contributed by atoms with E-state index >= 15 is 0 Å². The van der Waals surface area contributed by atoms with E-state index in [0.29, 0.717) is 11.9 Å². The Kier molecular flexibility index (Phi) is 4.34. The molecule has 1 rings (SSSR count). The van der Waals surface area contributed by atoms with Gasteiger partial charge in [0.05, 0.1) is 0 Å². The molecular weight excluding hydrogens is 188 g/mol. The van der Waals surface area contributed by atoms with Crippen molar-refractivity contribution in [3.63, 3.8) is 0 Å². The highest BCUT2D eigenvalue weighted by atomic mass is 15.1. The first kappa shape index (κ1) is 11.8. The van der Waals surface area contributed by atoms with Crippen molar-refractivity contribution >= 4 is 11.8 Å². The maximum atomic E-state index is 5.57. The summed E-state index contributed by atoms with van der Waals surface area (Å²) in [5.41, 5.74) is 6.47. The minimum absolute atomic E-state index is 0.335. The summed E-state index contributed by atoms with van der Waals surface area (Å²) in [6, 6.07) is 1.92. The summed E-state index contributed by atoms with van der Waals surface area (Å²) in [5, 5.41) is 3.30. The monoisotopic (exact) mass is 208 g/mol. The van der Waals surface area contributed by atoms with Crippen molar-refractivity contribution in [1.29, 1.82) is 0 Å². The molecule has 0 amide bonds. The van der Waals surface area contributed by atoms with E-state index in [1.807, 2.05) is 13.0 Å². The molecule has 15 heavy (non-hydrogen) atoms. The van der Waals surface area contributed by atoms with Gasteiger partial charge < -0.3 is 11.1 Å². The van der Waals surface area contributed by atoms with E-state index in [2.05, 4.69) is 29.1 Å². The summed E-state index contributed by atoms with van der Waals surface area (Å²) < 4.78 is 0. The Bertz CT molecular complexity index is 287. The van der Waals surface area contributed by atoms with E-state index in [1.54, 1.807) is 0 Å². The van der Waals surface area contributed by atoms with Gasteiger partial charge in [-0.2, -0.15) is 4.98 Å². The molecule has 0 saturated heterocycles. The molecule has 4 nitrogen and oxygen atoms in total. The molecule has 84 valence electrons. The molecule has 0 bridgehead atoms. The fourth-order valence-electron chi connectivity index (χ4n) is 1.51. The molecule has 0 aliphatic carbocycles. The van der Waals surface area contributed by atoms with Crippen LogP contribution in [-0.2, 0) is 0 Å². The number of hydrogen-bond acceptors (Lipinski definition) is 4. The van der Waals surface area contributed by atoms with Crippen LogP contribution in [0.5, 0.6) is 0 Å². The maximum absolute atomic E-state index is 5.57.